The van der Waals surface area contributed by atoms with E-state index in [1.165, 1.54) is 17.9 Å². The zero-order valence-corrected chi connectivity index (χ0v) is 26.5. The number of likely N-dealkylation sites (tertiary alicyclic amines) is 2. The lowest BCUT2D eigenvalue weighted by molar-refractivity contribution is -0.139. The molecule has 3 fully saturated rings. The molecule has 0 bridgehead atoms. The van der Waals surface area contributed by atoms with E-state index in [1.807, 2.05) is 23.1 Å². The number of piperidine rings is 1. The highest BCUT2D eigenvalue weighted by molar-refractivity contribution is 7.90. The van der Waals surface area contributed by atoms with Gasteiger partial charge < -0.3 is 10.2 Å². The summed E-state index contributed by atoms with van der Waals surface area (Å²) in [5.74, 6) is -0.481. The summed E-state index contributed by atoms with van der Waals surface area (Å²) in [4.78, 5) is 32.2. The SMILES string of the molecule is CS(=O)(=O)c1ccc(CN2CCC3(CCN(C(C(=O)c4ccccc4F)[C@@H]4CNC[C@@H]4c4ccccc4)CC3)C2=O)cc1.Cl. The Bertz CT molecular complexity index is 1590. The van der Waals surface area contributed by atoms with Gasteiger partial charge in [0.05, 0.1) is 21.9 Å². The summed E-state index contributed by atoms with van der Waals surface area (Å²) in [6.45, 7) is 3.68. The van der Waals surface area contributed by atoms with Crippen LogP contribution in [0.1, 0.15) is 46.7 Å². The molecule has 3 aliphatic rings. The summed E-state index contributed by atoms with van der Waals surface area (Å²) in [6.07, 6.45) is 3.23. The van der Waals surface area contributed by atoms with Crippen LogP contribution in [0.2, 0.25) is 0 Å². The minimum atomic E-state index is -3.28. The molecule has 0 aromatic heterocycles. The van der Waals surface area contributed by atoms with Gasteiger partial charge in [0.15, 0.2) is 15.6 Å². The predicted octanol–water partition coefficient (Wildman–Crippen LogP) is 4.72. The molecule has 1 amide bonds. The largest absolute Gasteiger partial charge is 0.338 e. The van der Waals surface area contributed by atoms with Crippen molar-refractivity contribution in [2.45, 2.75) is 42.7 Å². The highest BCUT2D eigenvalue weighted by atomic mass is 35.5. The summed E-state index contributed by atoms with van der Waals surface area (Å²) < 4.78 is 38.6. The molecule has 3 heterocycles. The van der Waals surface area contributed by atoms with Crippen LogP contribution in [0, 0.1) is 17.2 Å². The van der Waals surface area contributed by atoms with Crippen LogP contribution in [-0.4, -0.2) is 74.9 Å². The van der Waals surface area contributed by atoms with E-state index in [-0.39, 0.29) is 46.4 Å². The third-order valence-corrected chi connectivity index (χ3v) is 10.9. The van der Waals surface area contributed by atoms with Gasteiger partial charge in [-0.05, 0) is 67.7 Å². The summed E-state index contributed by atoms with van der Waals surface area (Å²) in [6, 6.07) is 22.7. The van der Waals surface area contributed by atoms with Crippen LogP contribution in [0.4, 0.5) is 4.39 Å². The number of carbonyl (C=O) groups is 2. The van der Waals surface area contributed by atoms with Crippen molar-refractivity contribution in [3.63, 3.8) is 0 Å². The Morgan fingerprint density at radius 2 is 1.57 bits per heavy atom. The molecular weight excluding hydrogens is 601 g/mol. The average Bonchev–Trinajstić information content (AvgIpc) is 3.60. The van der Waals surface area contributed by atoms with E-state index >= 15 is 0 Å². The fraction of sp³-hybridized carbons (Fsp3) is 0.412. The van der Waals surface area contributed by atoms with Gasteiger partial charge in [-0.1, -0.05) is 54.6 Å². The molecule has 3 aliphatic heterocycles. The van der Waals surface area contributed by atoms with E-state index in [2.05, 4.69) is 22.3 Å². The van der Waals surface area contributed by atoms with Gasteiger partial charge in [-0.3, -0.25) is 14.5 Å². The first-order valence-corrected chi connectivity index (χ1v) is 16.9. The Kier molecular flexibility index (Phi) is 9.61. The molecule has 3 saturated heterocycles. The number of sulfone groups is 1. The Morgan fingerprint density at radius 1 is 0.932 bits per heavy atom. The van der Waals surface area contributed by atoms with Crippen molar-refractivity contribution in [2.24, 2.45) is 11.3 Å². The van der Waals surface area contributed by atoms with Crippen molar-refractivity contribution in [3.8, 4) is 0 Å². The van der Waals surface area contributed by atoms with Crippen molar-refractivity contribution in [1.29, 1.82) is 0 Å². The fourth-order valence-electron chi connectivity index (χ4n) is 7.35. The van der Waals surface area contributed by atoms with Gasteiger partial charge in [0, 0.05) is 44.3 Å². The maximum Gasteiger partial charge on any atom is 0.229 e. The first kappa shape index (κ1) is 32.3. The Hall–Kier alpha value is -3.11. The van der Waals surface area contributed by atoms with Crippen LogP contribution in [0.5, 0.6) is 0 Å². The number of nitrogens with one attached hydrogen (secondary N) is 1. The smallest absolute Gasteiger partial charge is 0.229 e. The minimum Gasteiger partial charge on any atom is -0.338 e. The van der Waals surface area contributed by atoms with Gasteiger partial charge in [0.1, 0.15) is 5.82 Å². The lowest BCUT2D eigenvalue weighted by Crippen LogP contribution is -2.54. The van der Waals surface area contributed by atoms with Gasteiger partial charge in [-0.25, -0.2) is 12.8 Å². The third kappa shape index (κ3) is 6.33. The van der Waals surface area contributed by atoms with Crippen LogP contribution in [0.3, 0.4) is 0 Å². The zero-order valence-electron chi connectivity index (χ0n) is 24.8. The van der Waals surface area contributed by atoms with Crippen LogP contribution in [0.15, 0.2) is 83.8 Å². The molecule has 3 aromatic rings. The molecule has 3 atom stereocenters. The predicted molar refractivity (Wildman–Crippen MR) is 170 cm³/mol. The van der Waals surface area contributed by atoms with Crippen molar-refractivity contribution >= 4 is 33.9 Å². The summed E-state index contributed by atoms with van der Waals surface area (Å²) in [5, 5.41) is 3.49. The Balaban J connectivity index is 0.00000384. The highest BCUT2D eigenvalue weighted by Crippen LogP contribution is 2.44. The molecule has 0 saturated carbocycles. The lowest BCUT2D eigenvalue weighted by atomic mass is 9.74. The van der Waals surface area contributed by atoms with E-state index in [0.29, 0.717) is 45.6 Å². The molecule has 3 aromatic carbocycles. The average molecular weight is 640 g/mol. The van der Waals surface area contributed by atoms with E-state index in [4.69, 9.17) is 0 Å². The van der Waals surface area contributed by atoms with Crippen LogP contribution < -0.4 is 5.32 Å². The number of amides is 1. The number of rotatable bonds is 8. The molecule has 1 spiro atoms. The molecule has 0 aliphatic carbocycles. The summed E-state index contributed by atoms with van der Waals surface area (Å²) >= 11 is 0. The van der Waals surface area contributed by atoms with Gasteiger partial charge in [0.2, 0.25) is 5.91 Å². The Labute approximate surface area is 265 Å². The Morgan fingerprint density at radius 3 is 2.23 bits per heavy atom. The first-order valence-electron chi connectivity index (χ1n) is 15.0. The van der Waals surface area contributed by atoms with Gasteiger partial charge in [-0.2, -0.15) is 0 Å². The quantitative estimate of drug-likeness (QED) is 0.359. The van der Waals surface area contributed by atoms with Gasteiger partial charge in [0.25, 0.3) is 0 Å². The van der Waals surface area contributed by atoms with Crippen LogP contribution in [0.25, 0.3) is 0 Å². The van der Waals surface area contributed by atoms with Crippen molar-refractivity contribution in [2.75, 3.05) is 39.0 Å². The molecule has 10 heteroatoms. The van der Waals surface area contributed by atoms with Crippen LogP contribution >= 0.6 is 12.4 Å². The zero-order chi connectivity index (χ0) is 30.2. The number of hydrogen-bond acceptors (Lipinski definition) is 6. The molecular formula is C34H39ClFN3O4S. The van der Waals surface area contributed by atoms with E-state index in [1.54, 1.807) is 42.5 Å². The van der Waals surface area contributed by atoms with Crippen molar-refractivity contribution < 1.29 is 22.4 Å². The van der Waals surface area contributed by atoms with Gasteiger partial charge in [-0.15, -0.1) is 12.4 Å². The number of ketones is 1. The van der Waals surface area contributed by atoms with Crippen molar-refractivity contribution in [1.82, 2.24) is 15.1 Å². The maximum atomic E-state index is 14.9. The molecule has 44 heavy (non-hydrogen) atoms. The third-order valence-electron chi connectivity index (χ3n) is 9.78. The normalized spacial score (nSPS) is 22.6. The monoisotopic (exact) mass is 639 g/mol. The fourth-order valence-corrected chi connectivity index (χ4v) is 7.98. The number of benzene rings is 3. The number of hydrogen-bond donors (Lipinski definition) is 1. The number of halogens is 2. The summed E-state index contributed by atoms with van der Waals surface area (Å²) in [7, 11) is -3.28. The summed E-state index contributed by atoms with van der Waals surface area (Å²) in [5.41, 5.74) is 1.72. The second-order valence-electron chi connectivity index (χ2n) is 12.3. The second kappa shape index (κ2) is 13.1. The first-order chi connectivity index (χ1) is 20.7. The van der Waals surface area contributed by atoms with E-state index in [9.17, 15) is 22.4 Å². The minimum absolute atomic E-state index is 0. The van der Waals surface area contributed by atoms with Crippen LogP contribution in [-0.2, 0) is 21.2 Å². The standard InChI is InChI=1S/C34H38FN3O4S.ClH/c1-43(41,42)26-13-11-24(12-14-26)23-38-20-17-34(33(38)40)15-18-37(19-16-34)31(32(39)27-9-5-6-10-30(27)35)29-22-36-21-28(29)25-7-3-2-4-8-25;/h2-14,28-29,31,36H,15-23H2,1H3;1H/t28-,29-,31?;/m1./s1. The second-order valence-corrected chi connectivity index (χ2v) is 14.4. The number of nitrogens with zero attached hydrogens (tertiary/aromatic N) is 2. The molecule has 6 rings (SSSR count). The maximum absolute atomic E-state index is 14.9. The molecule has 7 nitrogen and oxygen atoms in total. The van der Waals surface area contributed by atoms with E-state index in [0.717, 1.165) is 18.5 Å². The molecule has 0 radical (unpaired) electrons. The van der Waals surface area contributed by atoms with Gasteiger partial charge >= 0.3 is 0 Å². The number of carbonyl (C=O) groups excluding carboxylic acids is 2. The molecule has 1 N–H and O–H groups in total. The van der Waals surface area contributed by atoms with Crippen molar-refractivity contribution in [3.05, 3.63) is 101 Å². The lowest BCUT2D eigenvalue weighted by Gasteiger charge is -2.43. The molecule has 1 unspecified atom stereocenters. The van der Waals surface area contributed by atoms with E-state index < -0.39 is 27.1 Å². The topological polar surface area (TPSA) is 86.8 Å². The number of Topliss-reactive ketones (excluding diaryl/α,β-unsaturated/α-hetero) is 1. The molecule has 234 valence electrons. The highest BCUT2D eigenvalue weighted by Gasteiger charge is 2.51.